The summed E-state index contributed by atoms with van der Waals surface area (Å²) in [5.41, 5.74) is 3.24. The van der Waals surface area contributed by atoms with Gasteiger partial charge in [-0.15, -0.1) is 0 Å². The molecule has 1 aromatic carbocycles. The Morgan fingerprint density at radius 3 is 2.61 bits per heavy atom. The molecule has 28 heavy (non-hydrogen) atoms. The number of carbonyl (C=O) groups is 1. The van der Waals surface area contributed by atoms with E-state index < -0.39 is 5.97 Å². The molecule has 2 N–H and O–H groups in total. The zero-order valence-corrected chi connectivity index (χ0v) is 14.7. The number of aromatic nitrogens is 6. The van der Waals surface area contributed by atoms with Crippen molar-refractivity contribution in [2.75, 3.05) is 0 Å². The summed E-state index contributed by atoms with van der Waals surface area (Å²) in [6.45, 7) is 0.632. The molecule has 9 nitrogen and oxygen atoms in total. The monoisotopic (exact) mass is 376 g/mol. The Bertz CT molecular complexity index is 1240. The number of H-pyrrole nitrogens is 1. The quantitative estimate of drug-likeness (QED) is 0.556. The number of rotatable bonds is 4. The van der Waals surface area contributed by atoms with Gasteiger partial charge in [-0.1, -0.05) is 24.3 Å². The highest BCUT2D eigenvalue weighted by molar-refractivity contribution is 5.87. The van der Waals surface area contributed by atoms with Gasteiger partial charge in [-0.3, -0.25) is 14.5 Å². The second-order valence-electron chi connectivity index (χ2n) is 6.97. The lowest BCUT2D eigenvalue weighted by Crippen LogP contribution is -2.19. The van der Waals surface area contributed by atoms with Crippen molar-refractivity contribution in [2.24, 2.45) is 5.92 Å². The van der Waals surface area contributed by atoms with Gasteiger partial charge in [0.25, 0.3) is 5.56 Å². The van der Waals surface area contributed by atoms with Crippen LogP contribution >= 0.6 is 0 Å². The standard InChI is InChI=1S/C19H16N6O3/c26-17-16-15(22-19(23-17)25-10-14(7-20-25)18(27)28)8-21-24(16)9-11-5-12-3-1-2-4-13(12)6-11/h1-4,7-8,10-11H,5-6,9H2,(H,27,28)(H,22,23,26). The van der Waals surface area contributed by atoms with E-state index in [1.165, 1.54) is 28.2 Å². The molecular weight excluding hydrogens is 360 g/mol. The van der Waals surface area contributed by atoms with Crippen molar-refractivity contribution in [1.29, 1.82) is 0 Å². The van der Waals surface area contributed by atoms with Gasteiger partial charge in [0.1, 0.15) is 5.52 Å². The number of hydrogen-bond donors (Lipinski definition) is 2. The number of hydrogen-bond acceptors (Lipinski definition) is 5. The molecule has 0 unspecified atom stereocenters. The minimum Gasteiger partial charge on any atom is -0.478 e. The summed E-state index contributed by atoms with van der Waals surface area (Å²) < 4.78 is 2.93. The molecule has 0 aliphatic heterocycles. The summed E-state index contributed by atoms with van der Waals surface area (Å²) in [4.78, 5) is 30.7. The fourth-order valence-electron chi connectivity index (χ4n) is 3.81. The fourth-order valence-corrected chi connectivity index (χ4v) is 3.81. The van der Waals surface area contributed by atoms with Crippen molar-refractivity contribution in [2.45, 2.75) is 19.4 Å². The minimum atomic E-state index is -1.10. The van der Waals surface area contributed by atoms with E-state index in [0.717, 1.165) is 12.8 Å². The second-order valence-corrected chi connectivity index (χ2v) is 6.97. The topological polar surface area (TPSA) is 119 Å². The number of fused-ring (bicyclic) bond motifs is 2. The van der Waals surface area contributed by atoms with Crippen LogP contribution in [0.2, 0.25) is 0 Å². The highest BCUT2D eigenvalue weighted by Gasteiger charge is 2.23. The Hall–Kier alpha value is -3.75. The van der Waals surface area contributed by atoms with Crippen LogP contribution < -0.4 is 5.56 Å². The predicted molar refractivity (Wildman–Crippen MR) is 99.6 cm³/mol. The van der Waals surface area contributed by atoms with Crippen molar-refractivity contribution in [3.8, 4) is 5.95 Å². The maximum atomic E-state index is 12.7. The number of aromatic amines is 1. The van der Waals surface area contributed by atoms with Crippen LogP contribution in [-0.2, 0) is 19.4 Å². The number of aromatic carboxylic acids is 1. The molecular formula is C19H16N6O3. The van der Waals surface area contributed by atoms with Gasteiger partial charge in [-0.25, -0.2) is 14.5 Å². The number of nitrogens with zero attached hydrogens (tertiary/aromatic N) is 5. The third-order valence-electron chi connectivity index (χ3n) is 5.10. The van der Waals surface area contributed by atoms with Gasteiger partial charge in [0.2, 0.25) is 5.95 Å². The molecule has 140 valence electrons. The van der Waals surface area contributed by atoms with Gasteiger partial charge >= 0.3 is 5.97 Å². The first kappa shape index (κ1) is 16.4. The molecule has 0 bridgehead atoms. The van der Waals surface area contributed by atoms with Crippen molar-refractivity contribution in [3.63, 3.8) is 0 Å². The van der Waals surface area contributed by atoms with E-state index in [1.54, 1.807) is 10.9 Å². The molecule has 0 saturated heterocycles. The van der Waals surface area contributed by atoms with Crippen LogP contribution in [0.5, 0.6) is 0 Å². The van der Waals surface area contributed by atoms with Gasteiger partial charge in [0.05, 0.1) is 18.0 Å². The van der Waals surface area contributed by atoms with E-state index >= 15 is 0 Å². The number of carboxylic acids is 1. The average Bonchev–Trinajstić information content (AvgIpc) is 3.39. The Labute approximate surface area is 158 Å². The van der Waals surface area contributed by atoms with E-state index in [4.69, 9.17) is 5.11 Å². The van der Waals surface area contributed by atoms with E-state index in [1.807, 2.05) is 12.1 Å². The van der Waals surface area contributed by atoms with Gasteiger partial charge in [0.15, 0.2) is 5.52 Å². The summed E-state index contributed by atoms with van der Waals surface area (Å²) in [5, 5.41) is 17.3. The number of nitrogens with one attached hydrogen (secondary N) is 1. The molecule has 5 rings (SSSR count). The summed E-state index contributed by atoms with van der Waals surface area (Å²) in [7, 11) is 0. The molecule has 1 aliphatic rings. The van der Waals surface area contributed by atoms with Gasteiger partial charge < -0.3 is 5.11 Å². The summed E-state index contributed by atoms with van der Waals surface area (Å²) >= 11 is 0. The maximum absolute atomic E-state index is 12.7. The Balaban J connectivity index is 1.46. The zero-order valence-electron chi connectivity index (χ0n) is 14.7. The first-order chi connectivity index (χ1) is 13.6. The molecule has 3 aromatic heterocycles. The van der Waals surface area contributed by atoms with Crippen LogP contribution in [0.4, 0.5) is 0 Å². The maximum Gasteiger partial charge on any atom is 0.338 e. The van der Waals surface area contributed by atoms with E-state index in [-0.39, 0.29) is 17.1 Å². The third kappa shape index (κ3) is 2.68. The Kier molecular flexibility index (Phi) is 3.61. The minimum absolute atomic E-state index is 0.0132. The number of benzene rings is 1. The van der Waals surface area contributed by atoms with Crippen LogP contribution in [0.1, 0.15) is 21.5 Å². The molecule has 0 saturated carbocycles. The van der Waals surface area contributed by atoms with Crippen LogP contribution in [0.25, 0.3) is 17.0 Å². The average molecular weight is 376 g/mol. The van der Waals surface area contributed by atoms with Crippen molar-refractivity contribution in [1.82, 2.24) is 29.5 Å². The number of carboxylic acid groups (broad SMARTS) is 1. The van der Waals surface area contributed by atoms with E-state index in [9.17, 15) is 9.59 Å². The third-order valence-corrected chi connectivity index (χ3v) is 5.10. The lowest BCUT2D eigenvalue weighted by atomic mass is 10.1. The SMILES string of the molecule is O=C(O)c1cnn(-c2nc3cnn(CC4Cc5ccccc5C4)c3c(=O)[nH]2)c1. The zero-order chi connectivity index (χ0) is 19.3. The summed E-state index contributed by atoms with van der Waals surface area (Å²) in [6, 6.07) is 8.39. The highest BCUT2D eigenvalue weighted by atomic mass is 16.4. The molecule has 3 heterocycles. The summed E-state index contributed by atoms with van der Waals surface area (Å²) in [6.07, 6.45) is 5.98. The summed E-state index contributed by atoms with van der Waals surface area (Å²) in [5.74, 6) is -0.568. The van der Waals surface area contributed by atoms with Crippen molar-refractivity contribution in [3.05, 3.63) is 69.9 Å². The molecule has 1 aliphatic carbocycles. The first-order valence-electron chi connectivity index (χ1n) is 8.89. The van der Waals surface area contributed by atoms with E-state index in [2.05, 4.69) is 32.3 Å². The predicted octanol–water partition coefficient (Wildman–Crippen LogP) is 1.42. The highest BCUT2D eigenvalue weighted by Crippen LogP contribution is 2.27. The Morgan fingerprint density at radius 2 is 1.93 bits per heavy atom. The van der Waals surface area contributed by atoms with E-state index in [0.29, 0.717) is 23.5 Å². The smallest absolute Gasteiger partial charge is 0.338 e. The Morgan fingerprint density at radius 1 is 1.18 bits per heavy atom. The largest absolute Gasteiger partial charge is 0.478 e. The lowest BCUT2D eigenvalue weighted by Gasteiger charge is -2.10. The molecule has 4 aromatic rings. The van der Waals surface area contributed by atoms with Crippen molar-refractivity contribution >= 4 is 17.0 Å². The first-order valence-corrected chi connectivity index (χ1v) is 8.89. The second kappa shape index (κ2) is 6.15. The van der Waals surface area contributed by atoms with Crippen LogP contribution in [0, 0.1) is 5.92 Å². The fraction of sp³-hybridized carbons (Fsp3) is 0.211. The molecule has 9 heteroatoms. The lowest BCUT2D eigenvalue weighted by molar-refractivity contribution is 0.0697. The van der Waals surface area contributed by atoms with Gasteiger partial charge in [-0.2, -0.15) is 10.2 Å². The van der Waals surface area contributed by atoms with Crippen LogP contribution in [0.3, 0.4) is 0 Å². The van der Waals surface area contributed by atoms with Crippen molar-refractivity contribution < 1.29 is 9.90 Å². The van der Waals surface area contributed by atoms with Gasteiger partial charge in [-0.05, 0) is 29.9 Å². The molecule has 0 fully saturated rings. The molecule has 0 amide bonds. The van der Waals surface area contributed by atoms with Crippen LogP contribution in [-0.4, -0.2) is 40.6 Å². The normalized spacial score (nSPS) is 13.9. The van der Waals surface area contributed by atoms with Gasteiger partial charge in [0, 0.05) is 12.7 Å². The molecule has 0 spiro atoms. The molecule has 0 atom stereocenters. The van der Waals surface area contributed by atoms with Crippen LogP contribution in [0.15, 0.2) is 47.7 Å². The molecule has 0 radical (unpaired) electrons.